The lowest BCUT2D eigenvalue weighted by molar-refractivity contribution is -0.122. The van der Waals surface area contributed by atoms with Gasteiger partial charge < -0.3 is 4.74 Å². The molecule has 82 valence electrons. The van der Waals surface area contributed by atoms with Crippen LogP contribution in [0, 0.1) is 5.92 Å². The highest BCUT2D eigenvalue weighted by Gasteiger charge is 2.26. The van der Waals surface area contributed by atoms with Gasteiger partial charge in [-0.2, -0.15) is 0 Å². The molecule has 2 radical (unpaired) electrons. The van der Waals surface area contributed by atoms with Crippen LogP contribution in [-0.2, 0) is 11.1 Å². The molecule has 0 spiro atoms. The highest BCUT2D eigenvalue weighted by molar-refractivity contribution is 6.08. The van der Waals surface area contributed by atoms with Crippen LogP contribution < -0.4 is 9.64 Å². The standard InChI is InChI=1S/C11H13BN2O2/c1-7-6-16-9-3-8(4-12)5-13-10(9)14(2)11(7)15/h3,5,7H,4,6H2,1-2H3/t7-/m0/s1. The maximum Gasteiger partial charge on any atom is 0.234 e. The lowest BCUT2D eigenvalue weighted by atomic mass is 9.98. The molecule has 1 aliphatic heterocycles. The first-order valence-corrected chi connectivity index (χ1v) is 5.23. The molecule has 1 aliphatic rings. The highest BCUT2D eigenvalue weighted by Crippen LogP contribution is 2.30. The quantitative estimate of drug-likeness (QED) is 0.650. The summed E-state index contributed by atoms with van der Waals surface area (Å²) in [6, 6.07) is 1.84. The van der Waals surface area contributed by atoms with Gasteiger partial charge in [-0.15, -0.1) is 0 Å². The van der Waals surface area contributed by atoms with Crippen molar-refractivity contribution in [2.45, 2.75) is 13.2 Å². The maximum absolute atomic E-state index is 11.8. The van der Waals surface area contributed by atoms with E-state index in [1.54, 1.807) is 13.2 Å². The molecule has 2 heterocycles. The molecular formula is C11H13BN2O2. The Hall–Kier alpha value is -1.52. The fraction of sp³-hybridized carbons (Fsp3) is 0.455. The second-order valence-electron chi connectivity index (χ2n) is 3.98. The van der Waals surface area contributed by atoms with Crippen LogP contribution >= 0.6 is 0 Å². The number of fused-ring (bicyclic) bond motifs is 1. The number of hydrogen-bond donors (Lipinski definition) is 0. The number of nitrogens with zero attached hydrogens (tertiary/aromatic N) is 2. The van der Waals surface area contributed by atoms with E-state index in [2.05, 4.69) is 4.98 Å². The van der Waals surface area contributed by atoms with Crippen LogP contribution in [0.1, 0.15) is 12.5 Å². The van der Waals surface area contributed by atoms with Gasteiger partial charge in [-0.1, -0.05) is 13.2 Å². The number of carbonyl (C=O) groups is 1. The van der Waals surface area contributed by atoms with E-state index < -0.39 is 0 Å². The van der Waals surface area contributed by atoms with Crippen LogP contribution in [0.25, 0.3) is 0 Å². The Bertz CT molecular complexity index is 422. The summed E-state index contributed by atoms with van der Waals surface area (Å²) in [6.45, 7) is 2.22. The van der Waals surface area contributed by atoms with Crippen molar-refractivity contribution < 1.29 is 9.53 Å². The second-order valence-corrected chi connectivity index (χ2v) is 3.98. The average molecular weight is 216 g/mol. The molecule has 0 bridgehead atoms. The third kappa shape index (κ3) is 1.77. The summed E-state index contributed by atoms with van der Waals surface area (Å²) in [5.74, 6) is 1.06. The van der Waals surface area contributed by atoms with E-state index in [0.717, 1.165) is 5.56 Å². The topological polar surface area (TPSA) is 42.4 Å². The van der Waals surface area contributed by atoms with E-state index in [1.165, 1.54) is 4.90 Å². The predicted molar refractivity (Wildman–Crippen MR) is 61.8 cm³/mol. The molecule has 1 aromatic rings. The van der Waals surface area contributed by atoms with Gasteiger partial charge in [-0.25, -0.2) is 4.98 Å². The van der Waals surface area contributed by atoms with E-state index in [1.807, 2.05) is 13.0 Å². The molecule has 16 heavy (non-hydrogen) atoms. The Morgan fingerprint density at radius 3 is 3.12 bits per heavy atom. The second kappa shape index (κ2) is 4.16. The SMILES string of the molecule is [B]Cc1cnc2c(c1)OC[C@H](C)C(=O)N2C. The van der Waals surface area contributed by atoms with E-state index in [0.29, 0.717) is 24.5 Å². The Balaban J connectivity index is 2.43. The van der Waals surface area contributed by atoms with E-state index in [-0.39, 0.29) is 11.8 Å². The lowest BCUT2D eigenvalue weighted by Crippen LogP contribution is -2.32. The number of rotatable bonds is 1. The summed E-state index contributed by atoms with van der Waals surface area (Å²) < 4.78 is 5.56. The molecule has 1 atom stereocenters. The summed E-state index contributed by atoms with van der Waals surface area (Å²) in [7, 11) is 7.24. The van der Waals surface area contributed by atoms with Crippen LogP contribution in [0.2, 0.25) is 0 Å². The largest absolute Gasteiger partial charge is 0.489 e. The zero-order valence-corrected chi connectivity index (χ0v) is 9.43. The summed E-state index contributed by atoms with van der Waals surface area (Å²) in [6.07, 6.45) is 2.08. The lowest BCUT2D eigenvalue weighted by Gasteiger charge is -2.16. The van der Waals surface area contributed by atoms with Crippen LogP contribution in [0.15, 0.2) is 12.3 Å². The smallest absolute Gasteiger partial charge is 0.234 e. The number of hydrogen-bond acceptors (Lipinski definition) is 3. The molecule has 1 aromatic heterocycles. The van der Waals surface area contributed by atoms with Gasteiger partial charge in [0.1, 0.15) is 0 Å². The molecule has 0 saturated heterocycles. The monoisotopic (exact) mass is 216 g/mol. The first-order chi connectivity index (χ1) is 7.63. The summed E-state index contributed by atoms with van der Waals surface area (Å²) in [5, 5.41) is 0. The Labute approximate surface area is 96.0 Å². The molecule has 0 aromatic carbocycles. The van der Waals surface area contributed by atoms with Gasteiger partial charge in [0.05, 0.1) is 20.4 Å². The first-order valence-electron chi connectivity index (χ1n) is 5.23. The van der Waals surface area contributed by atoms with Crippen molar-refractivity contribution in [1.29, 1.82) is 0 Å². The Kier molecular flexibility index (Phi) is 2.85. The van der Waals surface area contributed by atoms with E-state index in [9.17, 15) is 4.79 Å². The van der Waals surface area contributed by atoms with Gasteiger partial charge in [0, 0.05) is 13.2 Å². The predicted octanol–water partition coefficient (Wildman–Crippen LogP) is 0.741. The molecule has 4 nitrogen and oxygen atoms in total. The highest BCUT2D eigenvalue weighted by atomic mass is 16.5. The number of carbonyl (C=O) groups excluding carboxylic acids is 1. The minimum atomic E-state index is -0.152. The Morgan fingerprint density at radius 1 is 1.69 bits per heavy atom. The average Bonchev–Trinajstić information content (AvgIpc) is 2.42. The van der Waals surface area contributed by atoms with Crippen LogP contribution in [0.3, 0.4) is 0 Å². The Morgan fingerprint density at radius 2 is 2.44 bits per heavy atom. The minimum absolute atomic E-state index is 0.0201. The molecule has 2 rings (SSSR count). The molecule has 0 aliphatic carbocycles. The van der Waals surface area contributed by atoms with Crippen molar-refractivity contribution in [3.8, 4) is 5.75 Å². The molecule has 0 saturated carbocycles. The summed E-state index contributed by atoms with van der Waals surface area (Å²) in [4.78, 5) is 17.6. The zero-order chi connectivity index (χ0) is 11.7. The molecule has 0 N–H and O–H groups in total. The number of aromatic nitrogens is 1. The van der Waals surface area contributed by atoms with E-state index in [4.69, 9.17) is 12.6 Å². The fourth-order valence-electron chi connectivity index (χ4n) is 1.67. The van der Waals surface area contributed by atoms with Gasteiger partial charge >= 0.3 is 0 Å². The summed E-state index contributed by atoms with van der Waals surface area (Å²) >= 11 is 0. The van der Waals surface area contributed by atoms with Gasteiger partial charge in [0.2, 0.25) is 5.91 Å². The number of pyridine rings is 1. The zero-order valence-electron chi connectivity index (χ0n) is 9.43. The summed E-state index contributed by atoms with van der Waals surface area (Å²) in [5.41, 5.74) is 0.897. The van der Waals surface area contributed by atoms with Gasteiger partial charge in [0.15, 0.2) is 11.6 Å². The fourth-order valence-corrected chi connectivity index (χ4v) is 1.67. The van der Waals surface area contributed by atoms with Crippen molar-refractivity contribution in [2.75, 3.05) is 18.6 Å². The number of amides is 1. The van der Waals surface area contributed by atoms with Gasteiger partial charge in [-0.3, -0.25) is 9.69 Å². The molecule has 5 heteroatoms. The molecule has 1 amide bonds. The normalized spacial score (nSPS) is 20.0. The van der Waals surface area contributed by atoms with Gasteiger partial charge in [-0.05, 0) is 11.6 Å². The van der Waals surface area contributed by atoms with Crippen LogP contribution in [0.5, 0.6) is 5.75 Å². The third-order valence-corrected chi connectivity index (χ3v) is 2.68. The maximum atomic E-state index is 11.8. The minimum Gasteiger partial charge on any atom is -0.489 e. The van der Waals surface area contributed by atoms with Gasteiger partial charge in [0.25, 0.3) is 0 Å². The van der Waals surface area contributed by atoms with Crippen molar-refractivity contribution in [1.82, 2.24) is 4.98 Å². The van der Waals surface area contributed by atoms with Crippen molar-refractivity contribution in [3.05, 3.63) is 17.8 Å². The van der Waals surface area contributed by atoms with Crippen molar-refractivity contribution in [2.24, 2.45) is 5.92 Å². The van der Waals surface area contributed by atoms with Crippen molar-refractivity contribution in [3.63, 3.8) is 0 Å². The van der Waals surface area contributed by atoms with Crippen molar-refractivity contribution >= 4 is 19.6 Å². The molecule has 0 fully saturated rings. The number of anilines is 1. The van der Waals surface area contributed by atoms with E-state index >= 15 is 0 Å². The molecular weight excluding hydrogens is 203 g/mol. The molecule has 0 unspecified atom stereocenters. The van der Waals surface area contributed by atoms with Crippen LogP contribution in [0.4, 0.5) is 5.82 Å². The first kappa shape index (κ1) is 11.0. The third-order valence-electron chi connectivity index (χ3n) is 2.68. The number of ether oxygens (including phenoxy) is 1. The van der Waals surface area contributed by atoms with Crippen LogP contribution in [-0.4, -0.2) is 32.4 Å².